The smallest absolute Gasteiger partial charge is 0.351 e. The number of hydrogen-bond donors (Lipinski definition) is 1. The monoisotopic (exact) mass is 369 g/mol. The molecule has 0 saturated carbocycles. The van der Waals surface area contributed by atoms with E-state index in [-0.39, 0.29) is 17.9 Å². The number of carbonyl (C=O) groups excluding carboxylic acids is 1. The number of benzene rings is 1. The van der Waals surface area contributed by atoms with Crippen LogP contribution in [0.4, 0.5) is 11.5 Å². The number of anilines is 1. The third-order valence-electron chi connectivity index (χ3n) is 3.68. The Bertz CT molecular complexity index is 1030. The van der Waals surface area contributed by atoms with Crippen LogP contribution in [-0.4, -0.2) is 29.0 Å². The molecule has 3 aromatic rings. The summed E-state index contributed by atoms with van der Waals surface area (Å²) in [5, 5.41) is 14.1. The average molecular weight is 369 g/mol. The van der Waals surface area contributed by atoms with Gasteiger partial charge in [-0.25, -0.2) is 14.6 Å². The second-order valence-electron chi connectivity index (χ2n) is 5.56. The van der Waals surface area contributed by atoms with Crippen molar-refractivity contribution in [1.82, 2.24) is 4.98 Å². The number of para-hydroxylation sites is 1. The minimum atomic E-state index is -0.747. The van der Waals surface area contributed by atoms with Gasteiger partial charge in [0.25, 0.3) is 5.69 Å². The molecule has 0 aliphatic heterocycles. The van der Waals surface area contributed by atoms with E-state index in [9.17, 15) is 19.7 Å². The first-order chi connectivity index (χ1) is 13.0. The second-order valence-corrected chi connectivity index (χ2v) is 5.56. The largest absolute Gasteiger partial charge is 0.462 e. The van der Waals surface area contributed by atoms with Gasteiger partial charge in [-0.3, -0.25) is 10.1 Å². The highest BCUT2D eigenvalue weighted by Crippen LogP contribution is 2.13. The van der Waals surface area contributed by atoms with E-state index in [0.717, 1.165) is 6.20 Å². The zero-order valence-corrected chi connectivity index (χ0v) is 14.1. The van der Waals surface area contributed by atoms with E-state index in [1.165, 1.54) is 18.2 Å². The van der Waals surface area contributed by atoms with Crippen molar-refractivity contribution in [3.8, 4) is 0 Å². The first kappa shape index (κ1) is 18.1. The number of nitrogens with one attached hydrogen (secondary N) is 1. The fourth-order valence-corrected chi connectivity index (χ4v) is 2.33. The van der Waals surface area contributed by atoms with E-state index in [1.807, 2.05) is 0 Å². The molecule has 9 heteroatoms. The molecule has 0 bridgehead atoms. The van der Waals surface area contributed by atoms with Gasteiger partial charge in [0.1, 0.15) is 23.2 Å². The second kappa shape index (κ2) is 8.09. The standard InChI is InChI=1S/C18H15N3O6/c22-17(14-10-12-4-1-2-5-15(12)27-18(14)23)26-9-3-8-19-16-7-6-13(11-20-16)21(24)25/h1-2,4-7,10-11H,3,8-9H2,(H,19,20). The van der Waals surface area contributed by atoms with Crippen LogP contribution in [0.15, 0.2) is 57.9 Å². The molecule has 3 rings (SSSR count). The molecule has 0 saturated heterocycles. The van der Waals surface area contributed by atoms with Crippen LogP contribution in [0.25, 0.3) is 11.0 Å². The summed E-state index contributed by atoms with van der Waals surface area (Å²) in [5.74, 6) is -0.273. The molecule has 1 N–H and O–H groups in total. The van der Waals surface area contributed by atoms with Crippen LogP contribution < -0.4 is 10.9 Å². The first-order valence-electron chi connectivity index (χ1n) is 8.09. The summed E-state index contributed by atoms with van der Waals surface area (Å²) in [7, 11) is 0. The van der Waals surface area contributed by atoms with E-state index < -0.39 is 16.5 Å². The summed E-state index contributed by atoms with van der Waals surface area (Å²) in [5.41, 5.74) is -0.590. The van der Waals surface area contributed by atoms with Gasteiger partial charge in [-0.05, 0) is 24.6 Å². The Labute approximate surface area is 152 Å². The molecular weight excluding hydrogens is 354 g/mol. The van der Waals surface area contributed by atoms with Crippen LogP contribution in [0.3, 0.4) is 0 Å². The van der Waals surface area contributed by atoms with Crippen molar-refractivity contribution < 1.29 is 18.9 Å². The Hall–Kier alpha value is -3.75. The molecule has 9 nitrogen and oxygen atoms in total. The van der Waals surface area contributed by atoms with Crippen LogP contribution in [0, 0.1) is 10.1 Å². The average Bonchev–Trinajstić information content (AvgIpc) is 2.67. The number of hydrogen-bond acceptors (Lipinski definition) is 8. The lowest BCUT2D eigenvalue weighted by molar-refractivity contribution is -0.385. The number of aromatic nitrogens is 1. The lowest BCUT2D eigenvalue weighted by Crippen LogP contribution is -2.18. The maximum absolute atomic E-state index is 12.1. The maximum Gasteiger partial charge on any atom is 0.351 e. The van der Waals surface area contributed by atoms with Gasteiger partial charge >= 0.3 is 11.6 Å². The summed E-state index contributed by atoms with van der Waals surface area (Å²) in [4.78, 5) is 37.9. The Morgan fingerprint density at radius 3 is 2.81 bits per heavy atom. The van der Waals surface area contributed by atoms with E-state index in [4.69, 9.17) is 9.15 Å². The van der Waals surface area contributed by atoms with Crippen LogP contribution in [0.1, 0.15) is 16.8 Å². The number of fused-ring (bicyclic) bond motifs is 1. The van der Waals surface area contributed by atoms with Crippen LogP contribution in [0.2, 0.25) is 0 Å². The Morgan fingerprint density at radius 1 is 1.26 bits per heavy atom. The fraction of sp³-hybridized carbons (Fsp3) is 0.167. The molecular formula is C18H15N3O6. The highest BCUT2D eigenvalue weighted by atomic mass is 16.6. The summed E-state index contributed by atoms with van der Waals surface area (Å²) in [6.07, 6.45) is 1.62. The molecule has 0 amide bonds. The molecule has 0 radical (unpaired) electrons. The fourth-order valence-electron chi connectivity index (χ4n) is 2.33. The molecule has 2 aromatic heterocycles. The molecule has 27 heavy (non-hydrogen) atoms. The first-order valence-corrected chi connectivity index (χ1v) is 8.09. The predicted molar refractivity (Wildman–Crippen MR) is 96.8 cm³/mol. The van der Waals surface area contributed by atoms with Crippen molar-refractivity contribution in [2.75, 3.05) is 18.5 Å². The van der Waals surface area contributed by atoms with Crippen molar-refractivity contribution >= 4 is 28.4 Å². The van der Waals surface area contributed by atoms with Gasteiger partial charge in [-0.1, -0.05) is 18.2 Å². The highest BCUT2D eigenvalue weighted by Gasteiger charge is 2.15. The van der Waals surface area contributed by atoms with E-state index in [2.05, 4.69) is 10.3 Å². The number of nitro groups is 1. The number of ether oxygens (including phenoxy) is 1. The van der Waals surface area contributed by atoms with Gasteiger partial charge in [0, 0.05) is 18.0 Å². The Balaban J connectivity index is 1.49. The van der Waals surface area contributed by atoms with Crippen LogP contribution in [0.5, 0.6) is 0 Å². The van der Waals surface area contributed by atoms with Gasteiger partial charge < -0.3 is 14.5 Å². The normalized spacial score (nSPS) is 10.5. The van der Waals surface area contributed by atoms with Crippen molar-refractivity contribution in [2.45, 2.75) is 6.42 Å². The quantitative estimate of drug-likeness (QED) is 0.222. The summed E-state index contributed by atoms with van der Waals surface area (Å²) < 4.78 is 10.2. The molecule has 1 aromatic carbocycles. The van der Waals surface area contributed by atoms with Crippen molar-refractivity contribution in [3.63, 3.8) is 0 Å². The lowest BCUT2D eigenvalue weighted by atomic mass is 10.2. The third kappa shape index (κ3) is 4.46. The topological polar surface area (TPSA) is 125 Å². The van der Waals surface area contributed by atoms with Gasteiger partial charge in [0.05, 0.1) is 11.5 Å². The van der Waals surface area contributed by atoms with E-state index in [0.29, 0.717) is 29.8 Å². The van der Waals surface area contributed by atoms with Crippen molar-refractivity contribution in [3.05, 3.63) is 74.8 Å². The predicted octanol–water partition coefficient (Wildman–Crippen LogP) is 2.76. The number of esters is 1. The zero-order chi connectivity index (χ0) is 19.2. The molecule has 0 aliphatic rings. The van der Waals surface area contributed by atoms with Crippen molar-refractivity contribution in [1.29, 1.82) is 0 Å². The van der Waals surface area contributed by atoms with Gasteiger partial charge in [-0.15, -0.1) is 0 Å². The highest BCUT2D eigenvalue weighted by molar-refractivity contribution is 5.92. The van der Waals surface area contributed by atoms with Gasteiger partial charge in [0.15, 0.2) is 0 Å². The number of carbonyl (C=O) groups is 1. The summed E-state index contributed by atoms with van der Waals surface area (Å²) in [6.45, 7) is 0.523. The molecule has 2 heterocycles. The number of rotatable bonds is 7. The summed E-state index contributed by atoms with van der Waals surface area (Å²) in [6, 6.07) is 11.2. The van der Waals surface area contributed by atoms with Crippen molar-refractivity contribution in [2.24, 2.45) is 0 Å². The molecule has 0 atom stereocenters. The Kier molecular flexibility index (Phi) is 5.41. The maximum atomic E-state index is 12.1. The molecule has 0 unspecified atom stereocenters. The van der Waals surface area contributed by atoms with Crippen LogP contribution in [-0.2, 0) is 4.74 Å². The Morgan fingerprint density at radius 2 is 2.07 bits per heavy atom. The third-order valence-corrected chi connectivity index (χ3v) is 3.68. The minimum absolute atomic E-state index is 0.0884. The number of nitrogens with zero attached hydrogens (tertiary/aromatic N) is 2. The summed E-state index contributed by atoms with van der Waals surface area (Å²) >= 11 is 0. The minimum Gasteiger partial charge on any atom is -0.462 e. The SMILES string of the molecule is O=C(OCCCNc1ccc([N+](=O)[O-])cn1)c1cc2ccccc2oc1=O. The van der Waals surface area contributed by atoms with E-state index in [1.54, 1.807) is 24.3 Å². The molecule has 0 spiro atoms. The lowest BCUT2D eigenvalue weighted by Gasteiger charge is -2.06. The van der Waals surface area contributed by atoms with Gasteiger partial charge in [-0.2, -0.15) is 0 Å². The number of pyridine rings is 1. The molecule has 0 fully saturated rings. The molecule has 0 aliphatic carbocycles. The zero-order valence-electron chi connectivity index (χ0n) is 14.1. The van der Waals surface area contributed by atoms with E-state index >= 15 is 0 Å². The molecule has 138 valence electrons. The van der Waals surface area contributed by atoms with Crippen LogP contribution >= 0.6 is 0 Å². The van der Waals surface area contributed by atoms with Gasteiger partial charge in [0.2, 0.25) is 0 Å².